The Bertz CT molecular complexity index is 1580. The van der Waals surface area contributed by atoms with E-state index in [0.29, 0.717) is 22.5 Å². The number of ketones is 1. The Morgan fingerprint density at radius 3 is 2.52 bits per heavy atom. The zero-order chi connectivity index (χ0) is 23.1. The number of nitrogens with zero attached hydrogens (tertiary/aromatic N) is 1. The van der Waals surface area contributed by atoms with Crippen molar-refractivity contribution in [3.05, 3.63) is 99.4 Å². The van der Waals surface area contributed by atoms with E-state index < -0.39 is 5.63 Å². The van der Waals surface area contributed by atoms with Crippen molar-refractivity contribution in [3.63, 3.8) is 0 Å². The lowest BCUT2D eigenvalue weighted by atomic mass is 10.0. The molecule has 2 heterocycles. The van der Waals surface area contributed by atoms with E-state index in [-0.39, 0.29) is 17.4 Å². The van der Waals surface area contributed by atoms with Crippen LogP contribution in [0.3, 0.4) is 0 Å². The third-order valence-electron chi connectivity index (χ3n) is 5.87. The maximum absolute atomic E-state index is 13.4. The topological polar surface area (TPSA) is 61.4 Å². The molecule has 6 heteroatoms. The molecule has 0 aliphatic carbocycles. The number of Topliss-reactive ketones (excluding diaryl/α,β-unsaturated/α-hetero) is 1. The Labute approximate surface area is 194 Å². The molecular formula is C27H20ClNO4. The molecule has 164 valence electrons. The number of fused-ring (bicyclic) bond motifs is 2. The van der Waals surface area contributed by atoms with Gasteiger partial charge in [0.2, 0.25) is 5.78 Å². The first-order valence-electron chi connectivity index (χ1n) is 10.5. The summed E-state index contributed by atoms with van der Waals surface area (Å²) in [4.78, 5) is 25.3. The number of rotatable bonds is 5. The fourth-order valence-electron chi connectivity index (χ4n) is 4.23. The summed E-state index contributed by atoms with van der Waals surface area (Å²) >= 11 is 6.00. The number of aryl methyl sites for hydroxylation is 2. The van der Waals surface area contributed by atoms with Crippen molar-refractivity contribution in [2.45, 2.75) is 6.92 Å². The minimum atomic E-state index is -0.599. The summed E-state index contributed by atoms with van der Waals surface area (Å²) in [5, 5.41) is 1.66. The van der Waals surface area contributed by atoms with E-state index in [0.717, 1.165) is 27.5 Å². The highest BCUT2D eigenvalue weighted by Crippen LogP contribution is 2.33. The van der Waals surface area contributed by atoms with Crippen LogP contribution in [0.4, 0.5) is 0 Å². The van der Waals surface area contributed by atoms with Gasteiger partial charge in [-0.3, -0.25) is 4.79 Å². The molecule has 33 heavy (non-hydrogen) atoms. The molecule has 0 amide bonds. The lowest BCUT2D eigenvalue weighted by Gasteiger charge is -2.10. The summed E-state index contributed by atoms with van der Waals surface area (Å²) in [6, 6.07) is 22.8. The van der Waals surface area contributed by atoms with E-state index in [1.165, 1.54) is 0 Å². The van der Waals surface area contributed by atoms with Crippen LogP contribution in [0.25, 0.3) is 33.1 Å². The zero-order valence-electron chi connectivity index (χ0n) is 18.1. The lowest BCUT2D eigenvalue weighted by Crippen LogP contribution is -2.13. The van der Waals surface area contributed by atoms with Crippen molar-refractivity contribution in [3.8, 4) is 17.0 Å². The smallest absolute Gasteiger partial charge is 0.355 e. The number of para-hydroxylation sites is 1. The average Bonchev–Trinajstić information content (AvgIpc) is 3.14. The molecule has 0 unspecified atom stereocenters. The normalized spacial score (nSPS) is 11.2. The number of carbonyl (C=O) groups is 1. The number of hydrogen-bond acceptors (Lipinski definition) is 4. The lowest BCUT2D eigenvalue weighted by molar-refractivity contribution is 0.0923. The van der Waals surface area contributed by atoms with Gasteiger partial charge in [0.25, 0.3) is 0 Å². The summed E-state index contributed by atoms with van der Waals surface area (Å²) < 4.78 is 13.2. The standard InChI is InChI=1S/C27H20ClNO4/c1-16-19-13-12-18(14-23(19)33-27(31)25(16)28)32-15-22(30)24-20-10-6-7-11-21(20)29(2)26(24)17-8-4-3-5-9-17/h3-14H,15H2,1-2H3. The SMILES string of the molecule is Cc1c(Cl)c(=O)oc2cc(OCC(=O)c3c(-c4ccccc4)n(C)c4ccccc34)ccc12. The van der Waals surface area contributed by atoms with Gasteiger partial charge in [0, 0.05) is 29.4 Å². The molecule has 2 aromatic heterocycles. The Morgan fingerprint density at radius 1 is 1.00 bits per heavy atom. The molecule has 0 atom stereocenters. The van der Waals surface area contributed by atoms with Gasteiger partial charge < -0.3 is 13.7 Å². The molecular weight excluding hydrogens is 438 g/mol. The predicted octanol–water partition coefficient (Wildman–Crippen LogP) is 6.18. The van der Waals surface area contributed by atoms with Crippen molar-refractivity contribution < 1.29 is 13.9 Å². The minimum absolute atomic E-state index is 0.0655. The number of aromatic nitrogens is 1. The van der Waals surface area contributed by atoms with Crippen LogP contribution in [0.1, 0.15) is 15.9 Å². The molecule has 0 saturated heterocycles. The van der Waals surface area contributed by atoms with E-state index >= 15 is 0 Å². The van der Waals surface area contributed by atoms with E-state index in [9.17, 15) is 9.59 Å². The summed E-state index contributed by atoms with van der Waals surface area (Å²) in [5.41, 5.74) is 3.81. The Morgan fingerprint density at radius 2 is 1.73 bits per heavy atom. The van der Waals surface area contributed by atoms with Crippen molar-refractivity contribution >= 4 is 39.3 Å². The monoisotopic (exact) mass is 457 g/mol. The molecule has 0 N–H and O–H groups in total. The number of carbonyl (C=O) groups excluding carboxylic acids is 1. The van der Waals surface area contributed by atoms with Crippen LogP contribution in [0.15, 0.2) is 82.0 Å². The van der Waals surface area contributed by atoms with Crippen molar-refractivity contribution in [2.75, 3.05) is 6.61 Å². The van der Waals surface area contributed by atoms with Crippen LogP contribution < -0.4 is 10.4 Å². The highest BCUT2D eigenvalue weighted by atomic mass is 35.5. The average molecular weight is 458 g/mol. The number of halogens is 1. The molecule has 5 rings (SSSR count). The molecule has 3 aromatic carbocycles. The van der Waals surface area contributed by atoms with E-state index in [4.69, 9.17) is 20.8 Å². The summed E-state index contributed by atoms with van der Waals surface area (Å²) in [5.74, 6) is 0.293. The van der Waals surface area contributed by atoms with E-state index in [2.05, 4.69) is 0 Å². The first kappa shape index (κ1) is 21.0. The molecule has 5 nitrogen and oxygen atoms in total. The van der Waals surface area contributed by atoms with Gasteiger partial charge in [-0.1, -0.05) is 60.1 Å². The van der Waals surface area contributed by atoms with Gasteiger partial charge in [-0.25, -0.2) is 4.79 Å². The van der Waals surface area contributed by atoms with Gasteiger partial charge in [0.15, 0.2) is 6.61 Å². The minimum Gasteiger partial charge on any atom is -0.485 e. The molecule has 0 bridgehead atoms. The number of ether oxygens (including phenoxy) is 1. The van der Waals surface area contributed by atoms with Crippen LogP contribution in [0.2, 0.25) is 5.02 Å². The molecule has 0 radical (unpaired) electrons. The Kier molecular flexibility index (Phi) is 5.27. The summed E-state index contributed by atoms with van der Waals surface area (Å²) in [7, 11) is 1.96. The fourth-order valence-corrected chi connectivity index (χ4v) is 4.37. The Hall–Kier alpha value is -3.83. The molecule has 0 aliphatic rings. The number of benzene rings is 3. The van der Waals surface area contributed by atoms with Crippen molar-refractivity contribution in [2.24, 2.45) is 7.05 Å². The van der Waals surface area contributed by atoms with E-state index in [1.807, 2.05) is 66.2 Å². The van der Waals surface area contributed by atoms with Gasteiger partial charge in [-0.2, -0.15) is 0 Å². The maximum Gasteiger partial charge on any atom is 0.355 e. The van der Waals surface area contributed by atoms with Crippen LogP contribution in [0, 0.1) is 6.92 Å². The molecule has 0 spiro atoms. The fraction of sp³-hybridized carbons (Fsp3) is 0.111. The highest BCUT2D eigenvalue weighted by Gasteiger charge is 2.22. The largest absolute Gasteiger partial charge is 0.485 e. The quantitative estimate of drug-likeness (QED) is 0.234. The Balaban J connectivity index is 1.52. The second-order valence-electron chi connectivity index (χ2n) is 7.86. The number of hydrogen-bond donors (Lipinski definition) is 0. The van der Waals surface area contributed by atoms with Crippen LogP contribution in [-0.2, 0) is 7.05 Å². The van der Waals surface area contributed by atoms with Crippen LogP contribution in [-0.4, -0.2) is 17.0 Å². The van der Waals surface area contributed by atoms with Gasteiger partial charge in [0.1, 0.15) is 16.4 Å². The third-order valence-corrected chi connectivity index (χ3v) is 6.31. The van der Waals surface area contributed by atoms with Crippen LogP contribution in [0.5, 0.6) is 5.75 Å². The third kappa shape index (κ3) is 3.60. The van der Waals surface area contributed by atoms with Crippen LogP contribution >= 0.6 is 11.6 Å². The van der Waals surface area contributed by atoms with Gasteiger partial charge in [-0.15, -0.1) is 0 Å². The first-order valence-corrected chi connectivity index (χ1v) is 10.9. The summed E-state index contributed by atoms with van der Waals surface area (Å²) in [6.07, 6.45) is 0. The van der Waals surface area contributed by atoms with Crippen molar-refractivity contribution in [1.29, 1.82) is 0 Å². The molecule has 5 aromatic rings. The zero-order valence-corrected chi connectivity index (χ0v) is 18.8. The molecule has 0 saturated carbocycles. The van der Waals surface area contributed by atoms with E-state index in [1.54, 1.807) is 25.1 Å². The van der Waals surface area contributed by atoms with Gasteiger partial charge in [-0.05, 0) is 36.2 Å². The summed E-state index contributed by atoms with van der Waals surface area (Å²) in [6.45, 7) is 1.60. The molecule has 0 aliphatic heterocycles. The maximum atomic E-state index is 13.4. The second kappa shape index (κ2) is 8.26. The van der Waals surface area contributed by atoms with Gasteiger partial charge >= 0.3 is 5.63 Å². The predicted molar refractivity (Wildman–Crippen MR) is 130 cm³/mol. The molecule has 0 fully saturated rings. The highest BCUT2D eigenvalue weighted by molar-refractivity contribution is 6.31. The van der Waals surface area contributed by atoms with Crippen molar-refractivity contribution in [1.82, 2.24) is 4.57 Å². The first-order chi connectivity index (χ1) is 16.0. The second-order valence-corrected chi connectivity index (χ2v) is 8.24. The van der Waals surface area contributed by atoms with Gasteiger partial charge in [0.05, 0.1) is 11.3 Å².